The average molecular weight is 508 g/mol. The smallest absolute Gasteiger partial charge is 0.272 e. The minimum Gasteiger partial charge on any atom is -0.390 e. The second-order valence-corrected chi connectivity index (χ2v) is 12.7. The standard InChI is InChI=1S/C29H41N5O3/c1-19(2)34-24-6-4-3-5-23(24)25(32-34)26(35)30-9-12-33-10-7-22(8-11-33)31-27(36)28-14-20-13-21(15-28)17-29(37,16-20)18-28/h3-6,19-22,37H,7-18H2,1-2H3,(H,30,35)(H,31,36). The van der Waals surface area contributed by atoms with Gasteiger partial charge in [-0.3, -0.25) is 14.3 Å². The first-order valence-corrected chi connectivity index (χ1v) is 14.2. The lowest BCUT2D eigenvalue weighted by Crippen LogP contribution is -2.61. The zero-order valence-corrected chi connectivity index (χ0v) is 22.2. The zero-order chi connectivity index (χ0) is 25.8. The maximum absolute atomic E-state index is 13.4. The second kappa shape index (κ2) is 9.38. The molecule has 37 heavy (non-hydrogen) atoms. The second-order valence-electron chi connectivity index (χ2n) is 12.7. The summed E-state index contributed by atoms with van der Waals surface area (Å²) in [4.78, 5) is 28.7. The van der Waals surface area contributed by atoms with E-state index in [0.717, 1.165) is 69.1 Å². The van der Waals surface area contributed by atoms with Gasteiger partial charge in [0.05, 0.1) is 16.5 Å². The van der Waals surface area contributed by atoms with Crippen molar-refractivity contribution in [2.45, 2.75) is 82.9 Å². The lowest BCUT2D eigenvalue weighted by molar-refractivity contribution is -0.178. The fraction of sp³-hybridized carbons (Fsp3) is 0.690. The van der Waals surface area contributed by atoms with E-state index in [0.29, 0.717) is 30.5 Å². The highest BCUT2D eigenvalue weighted by Gasteiger charge is 2.60. The summed E-state index contributed by atoms with van der Waals surface area (Å²) in [6.45, 7) is 7.32. The molecule has 1 saturated heterocycles. The van der Waals surface area contributed by atoms with E-state index in [1.165, 1.54) is 6.42 Å². The van der Waals surface area contributed by atoms with Crippen LogP contribution in [0.25, 0.3) is 10.9 Å². The van der Waals surface area contributed by atoms with Crippen LogP contribution in [0.2, 0.25) is 0 Å². The third-order valence-corrected chi connectivity index (χ3v) is 9.47. The Morgan fingerprint density at radius 1 is 1.11 bits per heavy atom. The predicted octanol–water partition coefficient (Wildman–Crippen LogP) is 3.26. The first-order valence-electron chi connectivity index (χ1n) is 14.2. The third-order valence-electron chi connectivity index (χ3n) is 9.47. The Balaban J connectivity index is 0.977. The largest absolute Gasteiger partial charge is 0.390 e. The Kier molecular flexibility index (Phi) is 6.30. The van der Waals surface area contributed by atoms with Crippen LogP contribution in [0.5, 0.6) is 0 Å². The highest BCUT2D eigenvalue weighted by molar-refractivity contribution is 6.04. The SMILES string of the molecule is CC(C)n1nc(C(=O)NCCN2CCC(NC(=O)C34CC5CC(CC(O)(C5)C3)C4)CC2)c2ccccc21. The summed E-state index contributed by atoms with van der Waals surface area (Å²) in [5.74, 6) is 1.10. The number of carbonyl (C=O) groups excluding carboxylic acids is 2. The van der Waals surface area contributed by atoms with Crippen molar-refractivity contribution in [1.82, 2.24) is 25.3 Å². The minimum absolute atomic E-state index is 0.130. The van der Waals surface area contributed by atoms with Crippen LogP contribution < -0.4 is 10.6 Å². The number of nitrogens with zero attached hydrogens (tertiary/aromatic N) is 3. The summed E-state index contributed by atoms with van der Waals surface area (Å²) >= 11 is 0. The van der Waals surface area contributed by atoms with Crippen LogP contribution in [-0.4, -0.2) is 69.4 Å². The summed E-state index contributed by atoms with van der Waals surface area (Å²) in [7, 11) is 0. The topological polar surface area (TPSA) is 99.5 Å². The Bertz CT molecular complexity index is 1170. The number of piperidine rings is 1. The van der Waals surface area contributed by atoms with Crippen molar-refractivity contribution in [3.8, 4) is 0 Å². The number of aromatic nitrogens is 2. The van der Waals surface area contributed by atoms with Gasteiger partial charge < -0.3 is 20.6 Å². The van der Waals surface area contributed by atoms with E-state index >= 15 is 0 Å². The molecule has 5 aliphatic rings. The molecule has 2 unspecified atom stereocenters. The number of carbonyl (C=O) groups is 2. The molecule has 4 aliphatic carbocycles. The van der Waals surface area contributed by atoms with E-state index < -0.39 is 5.60 Å². The Morgan fingerprint density at radius 3 is 2.49 bits per heavy atom. The van der Waals surface area contributed by atoms with Gasteiger partial charge >= 0.3 is 0 Å². The molecule has 1 aliphatic heterocycles. The van der Waals surface area contributed by atoms with Crippen molar-refractivity contribution in [3.63, 3.8) is 0 Å². The van der Waals surface area contributed by atoms with Gasteiger partial charge in [-0.1, -0.05) is 18.2 Å². The van der Waals surface area contributed by atoms with Crippen molar-refractivity contribution < 1.29 is 14.7 Å². The first-order chi connectivity index (χ1) is 17.7. The maximum Gasteiger partial charge on any atom is 0.272 e. The Labute approximate surface area is 219 Å². The summed E-state index contributed by atoms with van der Waals surface area (Å²) in [5.41, 5.74) is 0.524. The highest BCUT2D eigenvalue weighted by atomic mass is 16.3. The molecule has 200 valence electrons. The first kappa shape index (κ1) is 24.9. The van der Waals surface area contributed by atoms with Crippen LogP contribution in [0, 0.1) is 17.3 Å². The van der Waals surface area contributed by atoms with Gasteiger partial charge in [0, 0.05) is 43.6 Å². The molecule has 1 aromatic carbocycles. The number of aliphatic hydroxyl groups is 1. The molecule has 2 heterocycles. The molecule has 7 rings (SSSR count). The number of nitrogens with one attached hydrogen (secondary N) is 2. The van der Waals surface area contributed by atoms with Gasteiger partial charge in [-0.05, 0) is 83.1 Å². The van der Waals surface area contributed by atoms with Crippen LogP contribution >= 0.6 is 0 Å². The number of amides is 2. The van der Waals surface area contributed by atoms with Crippen molar-refractivity contribution in [1.29, 1.82) is 0 Å². The van der Waals surface area contributed by atoms with Gasteiger partial charge in [0.15, 0.2) is 5.69 Å². The molecule has 3 N–H and O–H groups in total. The molecule has 2 aromatic rings. The molecule has 4 bridgehead atoms. The average Bonchev–Trinajstić information content (AvgIpc) is 3.24. The van der Waals surface area contributed by atoms with E-state index in [1.807, 2.05) is 28.9 Å². The van der Waals surface area contributed by atoms with Crippen molar-refractivity contribution in [3.05, 3.63) is 30.0 Å². The predicted molar refractivity (Wildman–Crippen MR) is 142 cm³/mol. The molecule has 0 spiro atoms. The van der Waals surface area contributed by atoms with Gasteiger partial charge in [-0.2, -0.15) is 5.10 Å². The molecule has 0 radical (unpaired) electrons. The summed E-state index contributed by atoms with van der Waals surface area (Å²) in [6.07, 6.45) is 7.41. The van der Waals surface area contributed by atoms with Gasteiger partial charge in [-0.25, -0.2) is 0 Å². The van der Waals surface area contributed by atoms with Gasteiger partial charge in [0.1, 0.15) is 0 Å². The van der Waals surface area contributed by atoms with Crippen molar-refractivity contribution >= 4 is 22.7 Å². The van der Waals surface area contributed by atoms with E-state index in [-0.39, 0.29) is 29.3 Å². The molecular formula is C29H41N5O3. The van der Waals surface area contributed by atoms with Crippen molar-refractivity contribution in [2.75, 3.05) is 26.2 Å². The summed E-state index contributed by atoms with van der Waals surface area (Å²) in [5, 5.41) is 22.9. The monoisotopic (exact) mass is 507 g/mol. The number of para-hydroxylation sites is 1. The fourth-order valence-electron chi connectivity index (χ4n) is 8.18. The van der Waals surface area contributed by atoms with Crippen molar-refractivity contribution in [2.24, 2.45) is 17.3 Å². The fourth-order valence-corrected chi connectivity index (χ4v) is 8.18. The van der Waals surface area contributed by atoms with Crippen LogP contribution in [0.15, 0.2) is 24.3 Å². The Hall–Kier alpha value is -2.45. The van der Waals surface area contributed by atoms with Crippen LogP contribution in [0.1, 0.15) is 81.7 Å². The van der Waals surface area contributed by atoms with Crippen LogP contribution in [0.3, 0.4) is 0 Å². The molecule has 1 aromatic heterocycles. The minimum atomic E-state index is -0.603. The van der Waals surface area contributed by atoms with Gasteiger partial charge in [0.25, 0.3) is 5.91 Å². The van der Waals surface area contributed by atoms with Crippen LogP contribution in [0.4, 0.5) is 0 Å². The highest BCUT2D eigenvalue weighted by Crippen LogP contribution is 2.61. The summed E-state index contributed by atoms with van der Waals surface area (Å²) in [6, 6.07) is 8.27. The number of hydrogen-bond donors (Lipinski definition) is 3. The molecule has 2 amide bonds. The van der Waals surface area contributed by atoms with E-state index in [4.69, 9.17) is 0 Å². The van der Waals surface area contributed by atoms with E-state index in [9.17, 15) is 14.7 Å². The third kappa shape index (κ3) is 4.67. The molecular weight excluding hydrogens is 466 g/mol. The van der Waals surface area contributed by atoms with Gasteiger partial charge in [-0.15, -0.1) is 0 Å². The van der Waals surface area contributed by atoms with E-state index in [2.05, 4.69) is 34.5 Å². The molecule has 8 nitrogen and oxygen atoms in total. The molecule has 5 fully saturated rings. The molecule has 4 saturated carbocycles. The normalized spacial score (nSPS) is 31.8. The number of benzene rings is 1. The summed E-state index contributed by atoms with van der Waals surface area (Å²) < 4.78 is 1.91. The van der Waals surface area contributed by atoms with E-state index in [1.54, 1.807) is 0 Å². The number of rotatable bonds is 7. The molecule has 2 atom stereocenters. The van der Waals surface area contributed by atoms with Crippen LogP contribution in [-0.2, 0) is 4.79 Å². The lowest BCUT2D eigenvalue weighted by Gasteiger charge is -2.59. The lowest BCUT2D eigenvalue weighted by atomic mass is 9.47. The molecule has 8 heteroatoms. The van der Waals surface area contributed by atoms with Gasteiger partial charge in [0.2, 0.25) is 5.91 Å². The Morgan fingerprint density at radius 2 is 1.81 bits per heavy atom. The maximum atomic E-state index is 13.4. The number of hydrogen-bond acceptors (Lipinski definition) is 5. The number of fused-ring (bicyclic) bond motifs is 1. The number of likely N-dealkylation sites (tertiary alicyclic amines) is 1. The quantitative estimate of drug-likeness (QED) is 0.534. The zero-order valence-electron chi connectivity index (χ0n) is 22.2.